The van der Waals surface area contributed by atoms with Gasteiger partial charge in [0.2, 0.25) is 0 Å². The van der Waals surface area contributed by atoms with Gasteiger partial charge in [0.05, 0.1) is 0 Å². The summed E-state index contributed by atoms with van der Waals surface area (Å²) in [5.41, 5.74) is 0. The van der Waals surface area contributed by atoms with Gasteiger partial charge in [0.15, 0.2) is 0 Å². The normalized spacial score (nSPS) is 19.5. The van der Waals surface area contributed by atoms with Crippen LogP contribution in [0.1, 0.15) is 80.1 Å². The summed E-state index contributed by atoms with van der Waals surface area (Å²) in [5, 5.41) is 0. The molecule has 0 amide bonds. The van der Waals surface area contributed by atoms with Gasteiger partial charge in [0.1, 0.15) is 0 Å². The van der Waals surface area contributed by atoms with Gasteiger partial charge in [-0.05, 0) is 65.6 Å². The molecular weight excluding hydrogens is 272 g/mol. The Balaban J connectivity index is 0. The molecule has 0 aromatic carbocycles. The number of rotatable bonds is 4. The Hall–Kier alpha value is -0.120. The van der Waals surface area contributed by atoms with Crippen LogP contribution in [-0.4, -0.2) is 54.0 Å². The second kappa shape index (κ2) is 14.5. The van der Waals surface area contributed by atoms with E-state index in [1.165, 1.54) is 58.2 Å². The number of hydrogen-bond donors (Lipinski definition) is 0. The van der Waals surface area contributed by atoms with Crippen LogP contribution in [0.4, 0.5) is 0 Å². The van der Waals surface area contributed by atoms with E-state index in [4.69, 9.17) is 0 Å². The largest absolute Gasteiger partial charge is 0.412 e. The highest BCUT2D eigenvalue weighted by molar-refractivity contribution is 4.84. The summed E-state index contributed by atoms with van der Waals surface area (Å²) < 4.78 is 0. The second-order valence-electron chi connectivity index (χ2n) is 6.83. The van der Waals surface area contributed by atoms with Gasteiger partial charge in [-0.25, -0.2) is 0 Å². The lowest BCUT2D eigenvalue weighted by Gasteiger charge is -2.43. The smallest absolute Gasteiger partial charge is 0.00980 e. The van der Waals surface area contributed by atoms with Gasteiger partial charge in [-0.3, -0.25) is 4.90 Å². The predicted octanol–water partition coefficient (Wildman–Crippen LogP) is 4.21. The molecule has 3 heteroatoms. The molecule has 0 bridgehead atoms. The Bertz CT molecular complexity index is 221. The summed E-state index contributed by atoms with van der Waals surface area (Å²) in [4.78, 5) is 5.25. The van der Waals surface area contributed by atoms with E-state index in [-0.39, 0.29) is 5.48 Å². The van der Waals surface area contributed by atoms with E-state index in [9.17, 15) is 0 Å². The maximum absolute atomic E-state index is 2.78. The topological polar surface area (TPSA) is 38.0 Å². The van der Waals surface area contributed by atoms with Crippen LogP contribution in [0.25, 0.3) is 0 Å². The summed E-state index contributed by atoms with van der Waals surface area (Å²) in [6, 6.07) is 1.66. The molecule has 1 saturated carbocycles. The quantitative estimate of drug-likeness (QED) is 0.779. The zero-order chi connectivity index (χ0) is 16.3. The van der Waals surface area contributed by atoms with Crippen molar-refractivity contribution in [2.45, 2.75) is 92.2 Å². The predicted molar refractivity (Wildman–Crippen MR) is 101 cm³/mol. The minimum Gasteiger partial charge on any atom is -0.412 e. The van der Waals surface area contributed by atoms with E-state index in [2.05, 4.69) is 44.5 Å². The molecule has 0 radical (unpaired) electrons. The lowest BCUT2D eigenvalue weighted by Crippen LogP contribution is -2.48. The zero-order valence-corrected chi connectivity index (χ0v) is 16.5. The molecule has 1 heterocycles. The second-order valence-corrected chi connectivity index (χ2v) is 6.83. The van der Waals surface area contributed by atoms with Gasteiger partial charge in [-0.2, -0.15) is 0 Å². The molecule has 0 aromatic heterocycles. The summed E-state index contributed by atoms with van der Waals surface area (Å²) in [6.07, 6.45) is 8.43. The lowest BCUT2D eigenvalue weighted by atomic mass is 9.88. The third-order valence-corrected chi connectivity index (χ3v) is 4.51. The van der Waals surface area contributed by atoms with E-state index in [0.29, 0.717) is 0 Å². The first-order valence-electron chi connectivity index (χ1n) is 9.52. The Morgan fingerprint density at radius 2 is 1.45 bits per heavy atom. The molecule has 0 aromatic rings. The molecule has 3 nitrogen and oxygen atoms in total. The Kier molecular flexibility index (Phi) is 15.9. The van der Waals surface area contributed by atoms with Crippen LogP contribution in [0, 0.1) is 5.92 Å². The maximum atomic E-state index is 2.78. The Morgan fingerprint density at radius 3 is 1.77 bits per heavy atom. The zero-order valence-electron chi connectivity index (χ0n) is 16.5. The van der Waals surface area contributed by atoms with Gasteiger partial charge >= 0.3 is 0 Å². The molecule has 0 atom stereocenters. The maximum Gasteiger partial charge on any atom is 0.00980 e. The van der Waals surface area contributed by atoms with Crippen LogP contribution in [0.15, 0.2) is 0 Å². The molecule has 2 N–H and O–H groups in total. The first-order chi connectivity index (χ1) is 10.1. The van der Waals surface area contributed by atoms with Gasteiger partial charge in [0, 0.05) is 18.6 Å². The first-order valence-corrected chi connectivity index (χ1v) is 9.52. The van der Waals surface area contributed by atoms with Gasteiger partial charge < -0.3 is 10.4 Å². The van der Waals surface area contributed by atoms with Crippen LogP contribution in [0.5, 0.6) is 0 Å². The molecule has 1 aliphatic carbocycles. The van der Waals surface area contributed by atoms with E-state index >= 15 is 0 Å². The third kappa shape index (κ3) is 9.12. The molecule has 0 spiro atoms. The van der Waals surface area contributed by atoms with Gasteiger partial charge in [-0.15, -0.1) is 0 Å². The van der Waals surface area contributed by atoms with Crippen LogP contribution in [-0.2, 0) is 0 Å². The van der Waals surface area contributed by atoms with Crippen molar-refractivity contribution >= 4 is 0 Å². The average Bonchev–Trinajstić information content (AvgIpc) is 2.41. The lowest BCUT2D eigenvalue weighted by molar-refractivity contribution is 0.0612. The molecule has 136 valence electrons. The van der Waals surface area contributed by atoms with Crippen LogP contribution < -0.4 is 0 Å². The molecule has 2 aliphatic rings. The van der Waals surface area contributed by atoms with Crippen molar-refractivity contribution < 1.29 is 5.48 Å². The summed E-state index contributed by atoms with van der Waals surface area (Å²) in [7, 11) is 2.25. The molecule has 1 aliphatic heterocycles. The van der Waals surface area contributed by atoms with Crippen molar-refractivity contribution in [3.8, 4) is 0 Å². The number of likely N-dealkylation sites (tertiary alicyclic amines) is 1. The molecule has 2 fully saturated rings. The molecule has 2 rings (SSSR count). The van der Waals surface area contributed by atoms with E-state index < -0.39 is 0 Å². The molecule has 1 saturated heterocycles. The van der Waals surface area contributed by atoms with Crippen molar-refractivity contribution in [3.63, 3.8) is 0 Å². The monoisotopic (exact) mass is 316 g/mol. The third-order valence-electron chi connectivity index (χ3n) is 4.51. The molecular formula is C19H44N2O. The average molecular weight is 317 g/mol. The van der Waals surface area contributed by atoms with Gasteiger partial charge in [0.25, 0.3) is 0 Å². The molecule has 22 heavy (non-hydrogen) atoms. The van der Waals surface area contributed by atoms with E-state index in [1.54, 1.807) is 0 Å². The molecule has 0 unspecified atom stereocenters. The summed E-state index contributed by atoms with van der Waals surface area (Å²) >= 11 is 0. The van der Waals surface area contributed by atoms with Crippen molar-refractivity contribution in [3.05, 3.63) is 0 Å². The highest BCUT2D eigenvalue weighted by Gasteiger charge is 2.29. The fraction of sp³-hybridized carbons (Fsp3) is 1.00. The number of nitrogens with zero attached hydrogens (tertiary/aromatic N) is 2. The van der Waals surface area contributed by atoms with E-state index in [0.717, 1.165) is 18.0 Å². The van der Waals surface area contributed by atoms with Gasteiger partial charge in [-0.1, -0.05) is 40.5 Å². The Labute approximate surface area is 140 Å². The first kappa shape index (κ1) is 24.1. The highest BCUT2D eigenvalue weighted by Crippen LogP contribution is 2.29. The number of hydrogen-bond acceptors (Lipinski definition) is 2. The van der Waals surface area contributed by atoms with Crippen LogP contribution >= 0.6 is 0 Å². The van der Waals surface area contributed by atoms with Crippen molar-refractivity contribution in [2.75, 3.05) is 26.7 Å². The minimum atomic E-state index is 0. The summed E-state index contributed by atoms with van der Waals surface area (Å²) in [5.74, 6) is 0.958. The fourth-order valence-corrected chi connectivity index (χ4v) is 3.04. The van der Waals surface area contributed by atoms with E-state index in [1.807, 2.05) is 13.8 Å². The minimum absolute atomic E-state index is 0. The Morgan fingerprint density at radius 1 is 1.00 bits per heavy atom. The van der Waals surface area contributed by atoms with Crippen molar-refractivity contribution in [2.24, 2.45) is 5.92 Å². The van der Waals surface area contributed by atoms with Crippen molar-refractivity contribution in [1.82, 2.24) is 9.80 Å². The van der Waals surface area contributed by atoms with Crippen LogP contribution in [0.3, 0.4) is 0 Å². The number of piperidine rings is 1. The standard InChI is InChI=1S/C14H28N2.C3H8.C2H6.H2O/c1-12(2)16(14-5-4-6-14)11-13-7-9-15(3)10-8-13;1-3-2;1-2;/h12-14H,4-11H2,1-3H3;3H2,1-2H3;1-2H3;1H2. The SMILES string of the molecule is CC.CC(C)N(CC1CCN(C)CC1)C1CCC1.CCC.O. The summed E-state index contributed by atoms with van der Waals surface area (Å²) in [6.45, 7) is 17.0. The fourth-order valence-electron chi connectivity index (χ4n) is 3.04. The highest BCUT2D eigenvalue weighted by atomic mass is 16.0. The van der Waals surface area contributed by atoms with Crippen LogP contribution in [0.2, 0.25) is 0 Å². The van der Waals surface area contributed by atoms with Crippen molar-refractivity contribution in [1.29, 1.82) is 0 Å².